The first-order valence-electron chi connectivity index (χ1n) is 2.50. The van der Waals surface area contributed by atoms with Gasteiger partial charge in [0.1, 0.15) is 0 Å². The maximum absolute atomic E-state index is 4.89. The summed E-state index contributed by atoms with van der Waals surface area (Å²) in [4.78, 5) is 0. The summed E-state index contributed by atoms with van der Waals surface area (Å²) < 4.78 is 4.89. The molecule has 0 saturated heterocycles. The van der Waals surface area contributed by atoms with Crippen molar-refractivity contribution in [3.8, 4) is 0 Å². The quantitative estimate of drug-likeness (QED) is 0.381. The van der Waals surface area contributed by atoms with Crippen molar-refractivity contribution in [2.45, 2.75) is 12.5 Å². The zero-order valence-electron chi connectivity index (χ0n) is 4.98. The molecular weight excluding hydrogens is 104 g/mol. The van der Waals surface area contributed by atoms with Gasteiger partial charge in [-0.15, -0.1) is 0 Å². The van der Waals surface area contributed by atoms with E-state index in [1.807, 2.05) is 0 Å². The standard InChI is InChI=1S/C5H12OSi/c1-3-6-4-5(2)7/h3,5H,1,4H2,2,7H3. The molecule has 0 N–H and O–H groups in total. The van der Waals surface area contributed by atoms with Gasteiger partial charge in [-0.3, -0.25) is 0 Å². The van der Waals surface area contributed by atoms with E-state index in [0.717, 1.165) is 12.1 Å². The van der Waals surface area contributed by atoms with Crippen LogP contribution in [0, 0.1) is 0 Å². The van der Waals surface area contributed by atoms with E-state index in [1.165, 1.54) is 16.5 Å². The number of ether oxygens (including phenoxy) is 1. The predicted molar refractivity (Wildman–Crippen MR) is 35.5 cm³/mol. The molecule has 0 radical (unpaired) electrons. The highest BCUT2D eigenvalue weighted by Gasteiger charge is 1.87. The third-order valence-corrected chi connectivity index (χ3v) is 0.881. The molecule has 0 rings (SSSR count). The highest BCUT2D eigenvalue weighted by atomic mass is 28.1. The van der Waals surface area contributed by atoms with E-state index in [9.17, 15) is 0 Å². The molecule has 1 nitrogen and oxygen atoms in total. The molecule has 0 amide bonds. The van der Waals surface area contributed by atoms with E-state index in [0.29, 0.717) is 0 Å². The number of rotatable bonds is 3. The lowest BCUT2D eigenvalue weighted by Crippen LogP contribution is -1.93. The summed E-state index contributed by atoms with van der Waals surface area (Å²) in [6.45, 7) is 6.43. The molecule has 0 aliphatic carbocycles. The van der Waals surface area contributed by atoms with E-state index in [-0.39, 0.29) is 0 Å². The monoisotopic (exact) mass is 116 g/mol. The van der Waals surface area contributed by atoms with Crippen molar-refractivity contribution >= 4 is 10.2 Å². The van der Waals surface area contributed by atoms with Gasteiger partial charge in [0.2, 0.25) is 0 Å². The Kier molecular flexibility index (Phi) is 3.79. The highest BCUT2D eigenvalue weighted by molar-refractivity contribution is 6.11. The van der Waals surface area contributed by atoms with E-state index >= 15 is 0 Å². The van der Waals surface area contributed by atoms with Crippen molar-refractivity contribution < 1.29 is 4.74 Å². The molecule has 0 aliphatic heterocycles. The van der Waals surface area contributed by atoms with Crippen LogP contribution < -0.4 is 0 Å². The molecule has 42 valence electrons. The van der Waals surface area contributed by atoms with Crippen LogP contribution in [0.2, 0.25) is 5.54 Å². The number of hydrogen-bond donors (Lipinski definition) is 0. The smallest absolute Gasteiger partial charge is 0.0866 e. The van der Waals surface area contributed by atoms with E-state index < -0.39 is 0 Å². The SMILES string of the molecule is C=COCC(C)[SiH3]. The molecule has 0 aromatic rings. The third kappa shape index (κ3) is 5.76. The van der Waals surface area contributed by atoms with Gasteiger partial charge in [-0.25, -0.2) is 0 Å². The first kappa shape index (κ1) is 6.76. The van der Waals surface area contributed by atoms with Gasteiger partial charge in [0.15, 0.2) is 0 Å². The first-order chi connectivity index (χ1) is 3.27. The predicted octanol–water partition coefficient (Wildman–Crippen LogP) is 0.320. The maximum atomic E-state index is 4.89. The molecule has 0 bridgehead atoms. The van der Waals surface area contributed by atoms with Gasteiger partial charge < -0.3 is 4.74 Å². The normalized spacial score (nSPS) is 13.3. The van der Waals surface area contributed by atoms with Crippen LogP contribution in [0.25, 0.3) is 0 Å². The average molecular weight is 116 g/mol. The molecule has 7 heavy (non-hydrogen) atoms. The zero-order chi connectivity index (χ0) is 5.70. The van der Waals surface area contributed by atoms with E-state index in [1.54, 1.807) is 0 Å². The van der Waals surface area contributed by atoms with Crippen LogP contribution in [0.1, 0.15) is 6.92 Å². The largest absolute Gasteiger partial charge is 0.502 e. The average Bonchev–Trinajstić information content (AvgIpc) is 1.61. The van der Waals surface area contributed by atoms with Gasteiger partial charge in [-0.05, 0) is 5.54 Å². The van der Waals surface area contributed by atoms with Gasteiger partial charge >= 0.3 is 0 Å². The van der Waals surface area contributed by atoms with Gasteiger partial charge in [0.25, 0.3) is 0 Å². The Labute approximate surface area is 47.8 Å². The molecule has 1 unspecified atom stereocenters. The molecule has 0 aliphatic rings. The fourth-order valence-electron chi connectivity index (χ4n) is 0.260. The summed E-state index contributed by atoms with van der Waals surface area (Å²) in [5.41, 5.74) is 0.748. The summed E-state index contributed by atoms with van der Waals surface area (Å²) in [5, 5.41) is 0. The van der Waals surface area contributed by atoms with Crippen molar-refractivity contribution in [2.75, 3.05) is 6.61 Å². The van der Waals surface area contributed by atoms with Gasteiger partial charge in [0, 0.05) is 10.2 Å². The minimum Gasteiger partial charge on any atom is -0.502 e. The summed E-state index contributed by atoms with van der Waals surface area (Å²) >= 11 is 0. The van der Waals surface area contributed by atoms with Crippen LogP contribution in [0.4, 0.5) is 0 Å². The third-order valence-electron chi connectivity index (χ3n) is 0.547. The Morgan fingerprint density at radius 2 is 2.57 bits per heavy atom. The van der Waals surface area contributed by atoms with Gasteiger partial charge in [0.05, 0.1) is 12.9 Å². The zero-order valence-corrected chi connectivity index (χ0v) is 6.98. The fraction of sp³-hybridized carbons (Fsp3) is 0.600. The van der Waals surface area contributed by atoms with Crippen LogP contribution in [0.15, 0.2) is 12.8 Å². The Morgan fingerprint density at radius 3 is 2.71 bits per heavy atom. The van der Waals surface area contributed by atoms with Crippen LogP contribution in [0.3, 0.4) is 0 Å². The molecule has 1 atom stereocenters. The second-order valence-corrected chi connectivity index (χ2v) is 3.87. The Hall–Kier alpha value is -0.243. The van der Waals surface area contributed by atoms with Crippen LogP contribution in [-0.4, -0.2) is 16.8 Å². The van der Waals surface area contributed by atoms with Crippen molar-refractivity contribution in [3.05, 3.63) is 12.8 Å². The second-order valence-electron chi connectivity index (χ2n) is 1.89. The second kappa shape index (κ2) is 3.93. The molecule has 0 saturated carbocycles. The Balaban J connectivity index is 2.81. The summed E-state index contributed by atoms with van der Waals surface area (Å²) in [7, 11) is 1.21. The van der Waals surface area contributed by atoms with Gasteiger partial charge in [-0.1, -0.05) is 13.5 Å². The van der Waals surface area contributed by atoms with Crippen molar-refractivity contribution in [1.82, 2.24) is 0 Å². The van der Waals surface area contributed by atoms with E-state index in [2.05, 4.69) is 13.5 Å². The molecule has 0 spiro atoms. The minimum absolute atomic E-state index is 0.748. The van der Waals surface area contributed by atoms with Crippen molar-refractivity contribution in [1.29, 1.82) is 0 Å². The first-order valence-corrected chi connectivity index (χ1v) is 3.65. The molecule has 0 heterocycles. The molecular formula is C5H12OSi. The summed E-state index contributed by atoms with van der Waals surface area (Å²) in [5.74, 6) is 0. The lowest BCUT2D eigenvalue weighted by Gasteiger charge is -2.00. The Bertz CT molecular complexity index is 52.0. The molecule has 0 fully saturated rings. The Morgan fingerprint density at radius 1 is 2.00 bits per heavy atom. The lowest BCUT2D eigenvalue weighted by atomic mass is 10.5. The fourth-order valence-corrected chi connectivity index (χ4v) is 0.453. The molecule has 2 heteroatoms. The van der Waals surface area contributed by atoms with Crippen LogP contribution in [0.5, 0.6) is 0 Å². The lowest BCUT2D eigenvalue weighted by molar-refractivity contribution is 0.251. The molecule has 0 aromatic heterocycles. The van der Waals surface area contributed by atoms with Gasteiger partial charge in [-0.2, -0.15) is 0 Å². The van der Waals surface area contributed by atoms with Crippen LogP contribution >= 0.6 is 0 Å². The van der Waals surface area contributed by atoms with E-state index in [4.69, 9.17) is 4.74 Å². The van der Waals surface area contributed by atoms with Crippen molar-refractivity contribution in [3.63, 3.8) is 0 Å². The molecule has 0 aromatic carbocycles. The highest BCUT2D eigenvalue weighted by Crippen LogP contribution is 1.93. The number of hydrogen-bond acceptors (Lipinski definition) is 1. The summed E-state index contributed by atoms with van der Waals surface area (Å²) in [6, 6.07) is 0. The minimum atomic E-state index is 0.748. The summed E-state index contributed by atoms with van der Waals surface area (Å²) in [6.07, 6.45) is 1.49. The topological polar surface area (TPSA) is 9.23 Å². The van der Waals surface area contributed by atoms with Crippen LogP contribution in [-0.2, 0) is 4.74 Å². The van der Waals surface area contributed by atoms with Crippen molar-refractivity contribution in [2.24, 2.45) is 0 Å². The maximum Gasteiger partial charge on any atom is 0.0866 e.